The molecule has 1 aliphatic rings. The van der Waals surface area contributed by atoms with E-state index in [2.05, 4.69) is 26.9 Å². The van der Waals surface area contributed by atoms with Gasteiger partial charge in [0.05, 0.1) is 23.5 Å². The van der Waals surface area contributed by atoms with Crippen LogP contribution in [-0.4, -0.2) is 13.2 Å². The summed E-state index contributed by atoms with van der Waals surface area (Å²) in [4.78, 5) is 2.16. The SMILES string of the molecule is N#Cc1c(Br)cccc1N1CCCOc2ccccc21. The predicted octanol–water partition coefficient (Wildman–Crippen LogP) is 4.24. The van der Waals surface area contributed by atoms with Crippen LogP contribution in [0, 0.1) is 11.3 Å². The number of hydrogen-bond acceptors (Lipinski definition) is 3. The van der Waals surface area contributed by atoms with Crippen LogP contribution in [0.4, 0.5) is 11.4 Å². The Morgan fingerprint density at radius 1 is 1.10 bits per heavy atom. The van der Waals surface area contributed by atoms with Gasteiger partial charge in [-0.15, -0.1) is 0 Å². The molecule has 3 rings (SSSR count). The number of anilines is 2. The Bertz CT molecular complexity index is 678. The third-order valence-electron chi connectivity index (χ3n) is 3.33. The van der Waals surface area contributed by atoms with E-state index in [-0.39, 0.29) is 0 Å². The quantitative estimate of drug-likeness (QED) is 0.785. The second-order valence-electron chi connectivity index (χ2n) is 4.57. The van der Waals surface area contributed by atoms with Crippen molar-refractivity contribution in [3.8, 4) is 11.8 Å². The van der Waals surface area contributed by atoms with Crippen LogP contribution in [0.5, 0.6) is 5.75 Å². The summed E-state index contributed by atoms with van der Waals surface area (Å²) in [5.41, 5.74) is 2.59. The molecular formula is C16H13BrN2O. The van der Waals surface area contributed by atoms with Crippen LogP contribution in [-0.2, 0) is 0 Å². The van der Waals surface area contributed by atoms with Gasteiger partial charge in [0.15, 0.2) is 0 Å². The molecule has 0 amide bonds. The molecule has 1 heterocycles. The zero-order chi connectivity index (χ0) is 13.9. The molecule has 3 nitrogen and oxygen atoms in total. The lowest BCUT2D eigenvalue weighted by Crippen LogP contribution is -2.18. The van der Waals surface area contributed by atoms with Crippen LogP contribution in [0.25, 0.3) is 0 Å². The fourth-order valence-corrected chi connectivity index (χ4v) is 2.87. The molecule has 0 radical (unpaired) electrons. The summed E-state index contributed by atoms with van der Waals surface area (Å²) in [6.45, 7) is 1.53. The molecule has 0 saturated heterocycles. The van der Waals surface area contributed by atoms with Crippen LogP contribution in [0.3, 0.4) is 0 Å². The molecule has 0 saturated carbocycles. The van der Waals surface area contributed by atoms with Crippen molar-refractivity contribution in [2.45, 2.75) is 6.42 Å². The minimum absolute atomic E-state index is 0.657. The Balaban J connectivity index is 2.16. The molecule has 0 atom stereocenters. The molecule has 100 valence electrons. The van der Waals surface area contributed by atoms with E-state index in [0.717, 1.165) is 34.6 Å². The third-order valence-corrected chi connectivity index (χ3v) is 3.99. The number of rotatable bonds is 1. The first-order chi connectivity index (χ1) is 9.81. The average molecular weight is 329 g/mol. The van der Waals surface area contributed by atoms with Crippen molar-refractivity contribution < 1.29 is 4.74 Å². The van der Waals surface area contributed by atoms with Crippen molar-refractivity contribution in [2.24, 2.45) is 0 Å². The van der Waals surface area contributed by atoms with Crippen molar-refractivity contribution in [1.82, 2.24) is 0 Å². The Kier molecular flexibility index (Phi) is 3.62. The van der Waals surface area contributed by atoms with E-state index in [1.165, 1.54) is 0 Å². The van der Waals surface area contributed by atoms with Crippen molar-refractivity contribution >= 4 is 27.3 Å². The summed E-state index contributed by atoms with van der Waals surface area (Å²) in [5, 5.41) is 9.41. The number of nitrogens with zero attached hydrogens (tertiary/aromatic N) is 2. The summed E-state index contributed by atoms with van der Waals surface area (Å²) in [5.74, 6) is 0.869. The summed E-state index contributed by atoms with van der Waals surface area (Å²) < 4.78 is 6.59. The Hall–Kier alpha value is -1.99. The molecule has 0 aromatic heterocycles. The Labute approximate surface area is 126 Å². The van der Waals surface area contributed by atoms with Crippen molar-refractivity contribution in [2.75, 3.05) is 18.1 Å². The monoisotopic (exact) mass is 328 g/mol. The summed E-state index contributed by atoms with van der Waals surface area (Å²) in [7, 11) is 0. The van der Waals surface area contributed by atoms with E-state index < -0.39 is 0 Å². The second-order valence-corrected chi connectivity index (χ2v) is 5.42. The maximum absolute atomic E-state index is 9.41. The third kappa shape index (κ3) is 2.25. The van der Waals surface area contributed by atoms with E-state index in [0.29, 0.717) is 12.2 Å². The number of fused-ring (bicyclic) bond motifs is 1. The standard InChI is InChI=1S/C16H13BrN2O/c17-13-5-3-7-14(12(13)11-18)19-9-4-10-20-16-8-2-1-6-15(16)19/h1-3,5-8H,4,9-10H2. The van der Waals surface area contributed by atoms with Gasteiger partial charge in [-0.3, -0.25) is 0 Å². The molecule has 0 aliphatic carbocycles. The van der Waals surface area contributed by atoms with Crippen LogP contribution in [0.1, 0.15) is 12.0 Å². The van der Waals surface area contributed by atoms with Crippen LogP contribution in [0.15, 0.2) is 46.9 Å². The first kappa shape index (κ1) is 13.0. The number of nitriles is 1. The molecule has 1 aliphatic heterocycles. The van der Waals surface area contributed by atoms with Crippen LogP contribution < -0.4 is 9.64 Å². The molecule has 20 heavy (non-hydrogen) atoms. The first-order valence-corrected chi connectivity index (χ1v) is 7.28. The summed E-state index contributed by atoms with van der Waals surface area (Å²) in [6, 6.07) is 16.1. The van der Waals surface area contributed by atoms with E-state index >= 15 is 0 Å². The molecular weight excluding hydrogens is 316 g/mol. The van der Waals surface area contributed by atoms with Gasteiger partial charge in [0, 0.05) is 11.0 Å². The fourth-order valence-electron chi connectivity index (χ4n) is 2.43. The van der Waals surface area contributed by atoms with Gasteiger partial charge >= 0.3 is 0 Å². The summed E-state index contributed by atoms with van der Waals surface area (Å²) in [6.07, 6.45) is 0.923. The molecule has 2 aromatic rings. The normalized spacial score (nSPS) is 13.9. The largest absolute Gasteiger partial charge is 0.491 e. The maximum Gasteiger partial charge on any atom is 0.142 e. The lowest BCUT2D eigenvalue weighted by Gasteiger charge is -2.25. The van der Waals surface area contributed by atoms with Gasteiger partial charge in [0.1, 0.15) is 11.8 Å². The van der Waals surface area contributed by atoms with Gasteiger partial charge in [-0.2, -0.15) is 5.26 Å². The highest BCUT2D eigenvalue weighted by Crippen LogP contribution is 2.38. The molecule has 0 bridgehead atoms. The van der Waals surface area contributed by atoms with Gasteiger partial charge in [-0.25, -0.2) is 0 Å². The fraction of sp³-hybridized carbons (Fsp3) is 0.188. The van der Waals surface area contributed by atoms with Crippen molar-refractivity contribution in [3.05, 3.63) is 52.5 Å². The Morgan fingerprint density at radius 2 is 1.90 bits per heavy atom. The molecule has 0 unspecified atom stereocenters. The number of benzene rings is 2. The van der Waals surface area contributed by atoms with Gasteiger partial charge in [-0.1, -0.05) is 18.2 Å². The molecule has 2 aromatic carbocycles. The molecule has 4 heteroatoms. The zero-order valence-electron chi connectivity index (χ0n) is 10.8. The molecule has 0 N–H and O–H groups in total. The van der Waals surface area contributed by atoms with Gasteiger partial charge < -0.3 is 9.64 Å². The number of ether oxygens (including phenoxy) is 1. The molecule has 0 fully saturated rings. The summed E-state index contributed by atoms with van der Waals surface area (Å²) >= 11 is 3.45. The van der Waals surface area contributed by atoms with E-state index in [1.54, 1.807) is 0 Å². The number of hydrogen-bond donors (Lipinski definition) is 0. The maximum atomic E-state index is 9.41. The predicted molar refractivity (Wildman–Crippen MR) is 82.4 cm³/mol. The highest BCUT2D eigenvalue weighted by atomic mass is 79.9. The van der Waals surface area contributed by atoms with E-state index in [1.807, 2.05) is 42.5 Å². The van der Waals surface area contributed by atoms with Gasteiger partial charge in [-0.05, 0) is 46.6 Å². The second kappa shape index (κ2) is 5.56. The van der Waals surface area contributed by atoms with Crippen LogP contribution >= 0.6 is 15.9 Å². The topological polar surface area (TPSA) is 36.3 Å². The first-order valence-electron chi connectivity index (χ1n) is 6.49. The zero-order valence-corrected chi connectivity index (χ0v) is 12.4. The molecule has 0 spiro atoms. The highest BCUT2D eigenvalue weighted by Gasteiger charge is 2.20. The number of halogens is 1. The van der Waals surface area contributed by atoms with Gasteiger partial charge in [0.25, 0.3) is 0 Å². The highest BCUT2D eigenvalue weighted by molar-refractivity contribution is 9.10. The van der Waals surface area contributed by atoms with Crippen molar-refractivity contribution in [1.29, 1.82) is 5.26 Å². The minimum Gasteiger partial charge on any atom is -0.491 e. The average Bonchev–Trinajstić information content (AvgIpc) is 2.69. The lowest BCUT2D eigenvalue weighted by molar-refractivity contribution is 0.322. The van der Waals surface area contributed by atoms with Crippen LogP contribution in [0.2, 0.25) is 0 Å². The van der Waals surface area contributed by atoms with Crippen molar-refractivity contribution in [3.63, 3.8) is 0 Å². The van der Waals surface area contributed by atoms with E-state index in [9.17, 15) is 5.26 Å². The number of para-hydroxylation sites is 2. The lowest BCUT2D eigenvalue weighted by atomic mass is 10.1. The Morgan fingerprint density at radius 3 is 2.75 bits per heavy atom. The minimum atomic E-state index is 0.657. The smallest absolute Gasteiger partial charge is 0.142 e. The van der Waals surface area contributed by atoms with E-state index in [4.69, 9.17) is 4.74 Å². The van der Waals surface area contributed by atoms with Gasteiger partial charge in [0.2, 0.25) is 0 Å².